The summed E-state index contributed by atoms with van der Waals surface area (Å²) in [4.78, 5) is 34.8. The predicted octanol–water partition coefficient (Wildman–Crippen LogP) is 4.99. The average molecular weight is 525 g/mol. The molecule has 4 aromatic rings. The first-order valence-corrected chi connectivity index (χ1v) is 12.1. The molecule has 37 heavy (non-hydrogen) atoms. The third-order valence-electron chi connectivity index (χ3n) is 6.63. The number of halogens is 3. The van der Waals surface area contributed by atoms with Gasteiger partial charge in [0, 0.05) is 30.8 Å². The number of fused-ring (bicyclic) bond motifs is 4. The van der Waals surface area contributed by atoms with Crippen molar-refractivity contribution in [1.29, 1.82) is 0 Å². The summed E-state index contributed by atoms with van der Waals surface area (Å²) >= 11 is 5.82. The highest BCUT2D eigenvalue weighted by Gasteiger charge is 2.24. The van der Waals surface area contributed by atoms with Crippen molar-refractivity contribution >= 4 is 23.2 Å². The number of hydrogen-bond donors (Lipinski definition) is 1. The van der Waals surface area contributed by atoms with Gasteiger partial charge in [-0.2, -0.15) is 5.10 Å². The van der Waals surface area contributed by atoms with Gasteiger partial charge in [0.1, 0.15) is 5.82 Å². The van der Waals surface area contributed by atoms with Gasteiger partial charge in [-0.25, -0.2) is 13.8 Å². The molecule has 8 nitrogen and oxygen atoms in total. The lowest BCUT2D eigenvalue weighted by Crippen LogP contribution is -2.27. The van der Waals surface area contributed by atoms with Crippen molar-refractivity contribution in [2.75, 3.05) is 5.32 Å². The summed E-state index contributed by atoms with van der Waals surface area (Å²) in [5, 5.41) is 7.00. The van der Waals surface area contributed by atoms with Crippen LogP contribution in [0.3, 0.4) is 0 Å². The first-order valence-electron chi connectivity index (χ1n) is 11.8. The lowest BCUT2D eigenvalue weighted by Gasteiger charge is -2.22. The molecule has 3 aromatic heterocycles. The number of hydrogen-bond acceptors (Lipinski definition) is 5. The third-order valence-corrected chi connectivity index (χ3v) is 6.92. The number of aromatic nitrogens is 5. The normalized spacial score (nSPS) is 17.9. The van der Waals surface area contributed by atoms with Crippen LogP contribution in [0, 0.1) is 17.6 Å². The lowest BCUT2D eigenvalue weighted by atomic mass is 9.97. The minimum absolute atomic E-state index is 0.116. The molecule has 0 fully saturated rings. The van der Waals surface area contributed by atoms with E-state index >= 15 is 0 Å². The van der Waals surface area contributed by atoms with E-state index in [2.05, 4.69) is 20.4 Å². The number of anilines is 1. The largest absolute Gasteiger partial charge is 0.323 e. The fourth-order valence-corrected chi connectivity index (χ4v) is 4.78. The SMILES string of the molecule is C[C@@H]1CCC[C@H](n2cnc(-c3c(F)ccc(Cl)c3F)cc2=O)c2cc(ccn2)-c2c(cnn2C)NC1=O. The van der Waals surface area contributed by atoms with Crippen molar-refractivity contribution in [3.63, 3.8) is 0 Å². The van der Waals surface area contributed by atoms with E-state index < -0.39 is 28.8 Å². The minimum atomic E-state index is -0.981. The van der Waals surface area contributed by atoms with Crippen LogP contribution in [0.2, 0.25) is 5.02 Å². The Balaban J connectivity index is 1.61. The summed E-state index contributed by atoms with van der Waals surface area (Å²) in [6.45, 7) is 1.85. The van der Waals surface area contributed by atoms with Gasteiger partial charge in [0.25, 0.3) is 5.56 Å². The van der Waals surface area contributed by atoms with E-state index in [1.54, 1.807) is 30.2 Å². The summed E-state index contributed by atoms with van der Waals surface area (Å²) in [7, 11) is 1.78. The van der Waals surface area contributed by atoms with Crippen LogP contribution in [0.4, 0.5) is 14.5 Å². The standard InChI is InChI=1S/C26H23ClF2N6O2/c1-14-4-3-5-21(18-10-15(8-9-30-18)25-20(33-26(14)37)12-32-34(25)2)35-13-31-19(11-22(35)36)23-17(28)7-6-16(27)24(23)29/h6-14,21H,3-5H2,1-2H3,(H,33,37)/t14-,21+/m1/s1. The number of benzene rings is 1. The summed E-state index contributed by atoms with van der Waals surface area (Å²) in [6, 6.07) is 6.35. The molecule has 0 saturated carbocycles. The first kappa shape index (κ1) is 24.8. The second-order valence-corrected chi connectivity index (χ2v) is 9.48. The minimum Gasteiger partial charge on any atom is -0.323 e. The van der Waals surface area contributed by atoms with Crippen molar-refractivity contribution in [2.24, 2.45) is 13.0 Å². The van der Waals surface area contributed by atoms with Gasteiger partial charge in [0.05, 0.1) is 51.9 Å². The molecule has 2 bridgehead atoms. The van der Waals surface area contributed by atoms with Crippen molar-refractivity contribution in [3.05, 3.63) is 81.8 Å². The van der Waals surface area contributed by atoms with Gasteiger partial charge < -0.3 is 5.32 Å². The fraction of sp³-hybridized carbons (Fsp3) is 0.269. The Bertz CT molecular complexity index is 1570. The quantitative estimate of drug-likeness (QED) is 0.373. The Morgan fingerprint density at radius 3 is 2.70 bits per heavy atom. The molecule has 0 saturated heterocycles. The maximum Gasteiger partial charge on any atom is 0.254 e. The maximum atomic E-state index is 14.6. The molecule has 4 heterocycles. The molecule has 1 aromatic carbocycles. The van der Waals surface area contributed by atoms with Crippen LogP contribution < -0.4 is 10.9 Å². The summed E-state index contributed by atoms with van der Waals surface area (Å²) in [5.41, 5.74) is 1.55. The Morgan fingerprint density at radius 2 is 1.92 bits per heavy atom. The van der Waals surface area contributed by atoms with Crippen LogP contribution in [0.15, 0.2) is 53.8 Å². The van der Waals surface area contributed by atoms with E-state index in [1.807, 2.05) is 13.0 Å². The zero-order valence-electron chi connectivity index (χ0n) is 20.1. The molecule has 190 valence electrons. The summed E-state index contributed by atoms with van der Waals surface area (Å²) in [5.74, 6) is -2.24. The van der Waals surface area contributed by atoms with Crippen LogP contribution in [0.25, 0.3) is 22.5 Å². The molecule has 1 amide bonds. The highest BCUT2D eigenvalue weighted by molar-refractivity contribution is 6.31. The molecule has 0 radical (unpaired) electrons. The number of rotatable bonds is 2. The van der Waals surface area contributed by atoms with Crippen LogP contribution >= 0.6 is 11.6 Å². The predicted molar refractivity (Wildman–Crippen MR) is 135 cm³/mol. The zero-order chi connectivity index (χ0) is 26.3. The number of pyridine rings is 1. The fourth-order valence-electron chi connectivity index (χ4n) is 4.63. The molecule has 2 atom stereocenters. The van der Waals surface area contributed by atoms with Crippen LogP contribution in [0.1, 0.15) is 37.9 Å². The van der Waals surface area contributed by atoms with Crippen LogP contribution in [0.5, 0.6) is 0 Å². The number of carbonyl (C=O) groups excluding carboxylic acids is 1. The Kier molecular flexibility index (Phi) is 6.59. The van der Waals surface area contributed by atoms with Gasteiger partial charge in [0.2, 0.25) is 5.91 Å². The van der Waals surface area contributed by atoms with Gasteiger partial charge in [-0.3, -0.25) is 23.8 Å². The summed E-state index contributed by atoms with van der Waals surface area (Å²) < 4.78 is 32.0. The zero-order valence-corrected chi connectivity index (χ0v) is 20.8. The number of nitrogens with one attached hydrogen (secondary N) is 1. The van der Waals surface area contributed by atoms with Gasteiger partial charge in [-0.15, -0.1) is 0 Å². The van der Waals surface area contributed by atoms with Gasteiger partial charge in [-0.1, -0.05) is 24.9 Å². The highest BCUT2D eigenvalue weighted by atomic mass is 35.5. The van der Waals surface area contributed by atoms with Crippen LogP contribution in [-0.4, -0.2) is 30.2 Å². The topological polar surface area (TPSA) is 94.7 Å². The molecule has 1 N–H and O–H groups in total. The molecule has 1 aliphatic rings. The van der Waals surface area contributed by atoms with Crippen molar-refractivity contribution in [2.45, 2.75) is 32.2 Å². The lowest BCUT2D eigenvalue weighted by molar-refractivity contribution is -0.119. The number of aryl methyl sites for hydroxylation is 1. The Morgan fingerprint density at radius 1 is 1.11 bits per heavy atom. The molecule has 5 rings (SSSR count). The molecular weight excluding hydrogens is 502 g/mol. The monoisotopic (exact) mass is 524 g/mol. The first-order chi connectivity index (χ1) is 17.7. The number of nitrogens with zero attached hydrogens (tertiary/aromatic N) is 5. The second kappa shape index (κ2) is 9.85. The van der Waals surface area contributed by atoms with Crippen LogP contribution in [-0.2, 0) is 11.8 Å². The van der Waals surface area contributed by atoms with Gasteiger partial charge in [0.15, 0.2) is 5.82 Å². The molecular formula is C26H23ClF2N6O2. The van der Waals surface area contributed by atoms with E-state index in [0.717, 1.165) is 23.8 Å². The van der Waals surface area contributed by atoms with Gasteiger partial charge >= 0.3 is 0 Å². The highest BCUT2D eigenvalue weighted by Crippen LogP contribution is 2.33. The number of amides is 1. The second-order valence-electron chi connectivity index (χ2n) is 9.07. The van der Waals surface area contributed by atoms with Crippen molar-refractivity contribution in [1.82, 2.24) is 24.3 Å². The molecule has 11 heteroatoms. The smallest absolute Gasteiger partial charge is 0.254 e. The maximum absolute atomic E-state index is 14.6. The molecule has 0 aliphatic carbocycles. The van der Waals surface area contributed by atoms with E-state index in [4.69, 9.17) is 11.6 Å². The van der Waals surface area contributed by atoms with Crippen molar-refractivity contribution in [3.8, 4) is 22.5 Å². The van der Waals surface area contributed by atoms with E-state index in [0.29, 0.717) is 36.3 Å². The average Bonchev–Trinajstić information content (AvgIpc) is 3.24. The van der Waals surface area contributed by atoms with Crippen molar-refractivity contribution < 1.29 is 13.6 Å². The van der Waals surface area contributed by atoms with Gasteiger partial charge in [-0.05, 0) is 37.1 Å². The Hall–Kier alpha value is -3.92. The summed E-state index contributed by atoms with van der Waals surface area (Å²) in [6.07, 6.45) is 6.20. The third kappa shape index (κ3) is 4.64. The van der Waals surface area contributed by atoms with E-state index in [1.165, 1.54) is 10.9 Å². The molecule has 0 unspecified atom stereocenters. The number of carbonyl (C=O) groups is 1. The van der Waals surface area contributed by atoms with E-state index in [-0.39, 0.29) is 22.5 Å². The molecule has 0 spiro atoms. The van der Waals surface area contributed by atoms with E-state index in [9.17, 15) is 18.4 Å². The molecule has 1 aliphatic heterocycles. The Labute approximate surface area is 215 Å².